The Balaban J connectivity index is 0.000000980. The van der Waals surface area contributed by atoms with Gasteiger partial charge in [-0.1, -0.05) is 15.9 Å². The van der Waals surface area contributed by atoms with E-state index in [0.717, 1.165) is 35.2 Å². The molecule has 0 saturated heterocycles. The fourth-order valence-electron chi connectivity index (χ4n) is 1.58. The van der Waals surface area contributed by atoms with Crippen LogP contribution in [-0.4, -0.2) is 6.61 Å². The van der Waals surface area contributed by atoms with E-state index < -0.39 is 0 Å². The van der Waals surface area contributed by atoms with Crippen molar-refractivity contribution in [2.24, 2.45) is 5.73 Å². The average molecular weight is 279 g/mol. The molecular formula is C10H13BrClNO. The topological polar surface area (TPSA) is 35.2 Å². The summed E-state index contributed by atoms with van der Waals surface area (Å²) in [6, 6.07) is 6.13. The van der Waals surface area contributed by atoms with E-state index in [9.17, 15) is 0 Å². The van der Waals surface area contributed by atoms with Gasteiger partial charge in [-0.15, -0.1) is 12.4 Å². The van der Waals surface area contributed by atoms with E-state index in [0.29, 0.717) is 0 Å². The SMILES string of the molecule is Cl.NC1CCCOc2ccc(Br)cc21. The van der Waals surface area contributed by atoms with Gasteiger partial charge >= 0.3 is 0 Å². The third-order valence-electron chi connectivity index (χ3n) is 2.29. The summed E-state index contributed by atoms with van der Waals surface area (Å²) in [7, 11) is 0. The molecule has 2 rings (SSSR count). The molecule has 1 unspecified atom stereocenters. The molecule has 0 radical (unpaired) electrons. The summed E-state index contributed by atoms with van der Waals surface area (Å²) in [6.07, 6.45) is 2.04. The largest absolute Gasteiger partial charge is 0.493 e. The van der Waals surface area contributed by atoms with Crippen LogP contribution in [0.3, 0.4) is 0 Å². The predicted molar refractivity (Wildman–Crippen MR) is 63.0 cm³/mol. The van der Waals surface area contributed by atoms with E-state index >= 15 is 0 Å². The highest BCUT2D eigenvalue weighted by Gasteiger charge is 2.15. The van der Waals surface area contributed by atoms with E-state index in [1.165, 1.54) is 0 Å². The van der Waals surface area contributed by atoms with Crippen LogP contribution in [0.5, 0.6) is 5.75 Å². The zero-order valence-corrected chi connectivity index (χ0v) is 10.1. The van der Waals surface area contributed by atoms with Gasteiger partial charge in [0, 0.05) is 16.1 Å². The Labute approximate surface area is 98.4 Å². The lowest BCUT2D eigenvalue weighted by atomic mass is 10.0. The molecule has 0 saturated carbocycles. The van der Waals surface area contributed by atoms with E-state index in [1.54, 1.807) is 0 Å². The van der Waals surface area contributed by atoms with Crippen LogP contribution >= 0.6 is 28.3 Å². The Morgan fingerprint density at radius 2 is 2.21 bits per heavy atom. The van der Waals surface area contributed by atoms with Crippen molar-refractivity contribution in [2.75, 3.05) is 6.61 Å². The quantitative estimate of drug-likeness (QED) is 0.792. The lowest BCUT2D eigenvalue weighted by Crippen LogP contribution is -2.08. The van der Waals surface area contributed by atoms with Gasteiger partial charge in [0.15, 0.2) is 0 Å². The third-order valence-corrected chi connectivity index (χ3v) is 2.78. The van der Waals surface area contributed by atoms with E-state index in [1.807, 2.05) is 18.2 Å². The van der Waals surface area contributed by atoms with Crippen molar-refractivity contribution in [1.82, 2.24) is 0 Å². The minimum atomic E-state index is 0. The van der Waals surface area contributed by atoms with Gasteiger partial charge in [0.2, 0.25) is 0 Å². The zero-order chi connectivity index (χ0) is 9.26. The van der Waals surface area contributed by atoms with Crippen molar-refractivity contribution in [3.8, 4) is 5.75 Å². The minimum Gasteiger partial charge on any atom is -0.493 e. The van der Waals surface area contributed by atoms with Gasteiger partial charge in [0.25, 0.3) is 0 Å². The second kappa shape index (κ2) is 5.01. The highest BCUT2D eigenvalue weighted by molar-refractivity contribution is 9.10. The molecule has 0 spiro atoms. The van der Waals surface area contributed by atoms with E-state index in [4.69, 9.17) is 10.5 Å². The summed E-state index contributed by atoms with van der Waals surface area (Å²) < 4.78 is 6.64. The first kappa shape index (κ1) is 11.8. The number of fused-ring (bicyclic) bond motifs is 1. The van der Waals surface area contributed by atoms with Gasteiger partial charge in [-0.3, -0.25) is 0 Å². The molecule has 1 aliphatic rings. The van der Waals surface area contributed by atoms with Gasteiger partial charge < -0.3 is 10.5 Å². The van der Waals surface area contributed by atoms with Crippen LogP contribution in [0.2, 0.25) is 0 Å². The fourth-order valence-corrected chi connectivity index (χ4v) is 1.96. The van der Waals surface area contributed by atoms with E-state index in [-0.39, 0.29) is 18.4 Å². The number of hydrogen-bond acceptors (Lipinski definition) is 2. The average Bonchev–Trinajstić information content (AvgIpc) is 2.29. The van der Waals surface area contributed by atoms with Crippen LogP contribution in [0.15, 0.2) is 22.7 Å². The summed E-state index contributed by atoms with van der Waals surface area (Å²) in [6.45, 7) is 0.780. The molecule has 1 aromatic rings. The third kappa shape index (κ3) is 2.41. The molecule has 0 fully saturated rings. The Morgan fingerprint density at radius 1 is 1.43 bits per heavy atom. The van der Waals surface area contributed by atoms with Crippen LogP contribution in [-0.2, 0) is 0 Å². The molecule has 2 nitrogen and oxygen atoms in total. The Hall–Kier alpha value is -0.250. The molecule has 1 aliphatic heterocycles. The van der Waals surface area contributed by atoms with Crippen molar-refractivity contribution in [1.29, 1.82) is 0 Å². The van der Waals surface area contributed by atoms with Gasteiger partial charge in [0.1, 0.15) is 5.75 Å². The van der Waals surface area contributed by atoms with Crippen molar-refractivity contribution >= 4 is 28.3 Å². The molecule has 1 aromatic carbocycles. The van der Waals surface area contributed by atoms with Crippen molar-refractivity contribution < 1.29 is 4.74 Å². The summed E-state index contributed by atoms with van der Waals surface area (Å²) in [4.78, 5) is 0. The second-order valence-electron chi connectivity index (χ2n) is 3.28. The fraction of sp³-hybridized carbons (Fsp3) is 0.400. The monoisotopic (exact) mass is 277 g/mol. The number of ether oxygens (including phenoxy) is 1. The molecule has 1 atom stereocenters. The van der Waals surface area contributed by atoms with Gasteiger partial charge in [-0.05, 0) is 31.0 Å². The summed E-state index contributed by atoms with van der Waals surface area (Å²) in [5.74, 6) is 0.938. The Morgan fingerprint density at radius 3 is 3.00 bits per heavy atom. The van der Waals surface area contributed by atoms with Crippen molar-refractivity contribution in [3.63, 3.8) is 0 Å². The number of halogens is 2. The van der Waals surface area contributed by atoms with Crippen LogP contribution in [0.25, 0.3) is 0 Å². The molecule has 0 aromatic heterocycles. The van der Waals surface area contributed by atoms with Crippen molar-refractivity contribution in [2.45, 2.75) is 18.9 Å². The first-order valence-electron chi connectivity index (χ1n) is 4.45. The van der Waals surface area contributed by atoms with E-state index in [2.05, 4.69) is 15.9 Å². The molecular weight excluding hydrogens is 265 g/mol. The van der Waals surface area contributed by atoms with Crippen molar-refractivity contribution in [3.05, 3.63) is 28.2 Å². The molecule has 1 heterocycles. The van der Waals surface area contributed by atoms with Crippen LogP contribution in [0.1, 0.15) is 24.4 Å². The summed E-state index contributed by atoms with van der Waals surface area (Å²) in [5, 5.41) is 0. The lowest BCUT2D eigenvalue weighted by molar-refractivity contribution is 0.316. The molecule has 0 bridgehead atoms. The second-order valence-corrected chi connectivity index (χ2v) is 4.20. The predicted octanol–water partition coefficient (Wildman–Crippen LogP) is 3.04. The number of benzene rings is 1. The number of hydrogen-bond donors (Lipinski definition) is 1. The minimum absolute atomic E-state index is 0. The first-order chi connectivity index (χ1) is 6.27. The van der Waals surface area contributed by atoms with Gasteiger partial charge in [-0.2, -0.15) is 0 Å². The molecule has 0 amide bonds. The summed E-state index contributed by atoms with van der Waals surface area (Å²) in [5.41, 5.74) is 7.13. The smallest absolute Gasteiger partial charge is 0.124 e. The normalized spacial score (nSPS) is 20.0. The maximum absolute atomic E-state index is 6.01. The molecule has 78 valence electrons. The van der Waals surface area contributed by atoms with Gasteiger partial charge in [0.05, 0.1) is 6.61 Å². The standard InChI is InChI=1S/C10H12BrNO.ClH/c11-7-3-4-10-8(6-7)9(12)2-1-5-13-10;/h3-4,6,9H,1-2,5,12H2;1H. The highest BCUT2D eigenvalue weighted by atomic mass is 79.9. The summed E-state index contributed by atoms with van der Waals surface area (Å²) >= 11 is 3.43. The number of nitrogens with two attached hydrogens (primary N) is 1. The van der Waals surface area contributed by atoms with Gasteiger partial charge in [-0.25, -0.2) is 0 Å². The molecule has 2 N–H and O–H groups in total. The molecule has 0 aliphatic carbocycles. The zero-order valence-electron chi connectivity index (χ0n) is 7.70. The number of rotatable bonds is 0. The van der Waals surface area contributed by atoms with Crippen LogP contribution < -0.4 is 10.5 Å². The van der Waals surface area contributed by atoms with Crippen LogP contribution in [0.4, 0.5) is 0 Å². The Kier molecular flexibility index (Phi) is 4.23. The molecule has 14 heavy (non-hydrogen) atoms. The Bertz CT molecular complexity index is 319. The maximum Gasteiger partial charge on any atom is 0.124 e. The molecule has 4 heteroatoms. The first-order valence-corrected chi connectivity index (χ1v) is 5.24. The lowest BCUT2D eigenvalue weighted by Gasteiger charge is -2.11. The van der Waals surface area contributed by atoms with Crippen LogP contribution in [0, 0.1) is 0 Å². The maximum atomic E-state index is 6.01. The highest BCUT2D eigenvalue weighted by Crippen LogP contribution is 2.31.